The summed E-state index contributed by atoms with van der Waals surface area (Å²) < 4.78 is 67.8. The SMILES string of the molecule is CC(NC(=O)C1(NC(=O)O)CC1)c1ncc(Nc2c(F)cccc2C(F)(F)F)cc1F. The normalized spacial score (nSPS) is 15.7. The maximum atomic E-state index is 14.5. The summed E-state index contributed by atoms with van der Waals surface area (Å²) in [5.74, 6) is -2.79. The van der Waals surface area contributed by atoms with Crippen molar-refractivity contribution in [2.75, 3.05) is 5.32 Å². The zero-order valence-corrected chi connectivity index (χ0v) is 16.0. The van der Waals surface area contributed by atoms with E-state index in [4.69, 9.17) is 5.11 Å². The highest BCUT2D eigenvalue weighted by atomic mass is 19.4. The molecule has 1 fully saturated rings. The minimum absolute atomic E-state index is 0.227. The van der Waals surface area contributed by atoms with Crippen molar-refractivity contribution in [1.82, 2.24) is 15.6 Å². The maximum absolute atomic E-state index is 14.5. The van der Waals surface area contributed by atoms with Crippen molar-refractivity contribution in [2.45, 2.75) is 37.5 Å². The summed E-state index contributed by atoms with van der Waals surface area (Å²) in [4.78, 5) is 26.9. The van der Waals surface area contributed by atoms with Crippen LogP contribution in [0.15, 0.2) is 30.5 Å². The Bertz CT molecular complexity index is 1020. The Morgan fingerprint density at radius 2 is 1.87 bits per heavy atom. The highest BCUT2D eigenvalue weighted by Crippen LogP contribution is 2.38. The third-order valence-electron chi connectivity index (χ3n) is 4.75. The second kappa shape index (κ2) is 8.00. The molecule has 1 aliphatic rings. The lowest BCUT2D eigenvalue weighted by Gasteiger charge is -2.20. The number of nitrogens with zero attached hydrogens (tertiary/aromatic N) is 1. The van der Waals surface area contributed by atoms with Crippen LogP contribution >= 0.6 is 0 Å². The number of alkyl halides is 3. The highest BCUT2D eigenvalue weighted by molar-refractivity contribution is 5.92. The van der Waals surface area contributed by atoms with Gasteiger partial charge >= 0.3 is 12.3 Å². The molecule has 1 unspecified atom stereocenters. The predicted molar refractivity (Wildman–Crippen MR) is 98.6 cm³/mol. The van der Waals surface area contributed by atoms with Gasteiger partial charge in [-0.15, -0.1) is 0 Å². The zero-order chi connectivity index (χ0) is 23.0. The zero-order valence-electron chi connectivity index (χ0n) is 16.0. The van der Waals surface area contributed by atoms with E-state index in [1.807, 2.05) is 0 Å². The maximum Gasteiger partial charge on any atom is 0.418 e. The van der Waals surface area contributed by atoms with Crippen molar-refractivity contribution in [3.05, 3.63) is 53.4 Å². The molecule has 1 saturated carbocycles. The van der Waals surface area contributed by atoms with Crippen LogP contribution in [0.1, 0.15) is 37.1 Å². The first-order valence-corrected chi connectivity index (χ1v) is 9.03. The Morgan fingerprint density at radius 1 is 1.19 bits per heavy atom. The van der Waals surface area contributed by atoms with Gasteiger partial charge in [-0.1, -0.05) is 6.07 Å². The largest absolute Gasteiger partial charge is 0.465 e. The van der Waals surface area contributed by atoms with Crippen LogP contribution in [0.3, 0.4) is 0 Å². The van der Waals surface area contributed by atoms with Crippen molar-refractivity contribution < 1.29 is 36.6 Å². The second-order valence-corrected chi connectivity index (χ2v) is 7.08. The van der Waals surface area contributed by atoms with Crippen molar-refractivity contribution in [2.24, 2.45) is 0 Å². The molecular weight excluding hydrogens is 427 g/mol. The van der Waals surface area contributed by atoms with Crippen LogP contribution in [0.25, 0.3) is 0 Å². The van der Waals surface area contributed by atoms with Crippen LogP contribution in [-0.2, 0) is 11.0 Å². The van der Waals surface area contributed by atoms with Gasteiger partial charge in [0.25, 0.3) is 0 Å². The molecule has 12 heteroatoms. The number of para-hydroxylation sites is 1. The molecule has 4 N–H and O–H groups in total. The monoisotopic (exact) mass is 444 g/mol. The summed E-state index contributed by atoms with van der Waals surface area (Å²) in [6.07, 6.45) is -4.62. The lowest BCUT2D eigenvalue weighted by molar-refractivity contribution is -0.137. The fourth-order valence-electron chi connectivity index (χ4n) is 3.01. The second-order valence-electron chi connectivity index (χ2n) is 7.08. The predicted octanol–water partition coefficient (Wildman–Crippen LogP) is 4.10. The molecule has 0 bridgehead atoms. The molecule has 166 valence electrons. The van der Waals surface area contributed by atoms with Gasteiger partial charge in [0.1, 0.15) is 17.2 Å². The number of pyridine rings is 1. The van der Waals surface area contributed by atoms with Crippen molar-refractivity contribution in [1.29, 1.82) is 0 Å². The number of carbonyl (C=O) groups is 2. The molecule has 31 heavy (non-hydrogen) atoms. The Balaban J connectivity index is 1.77. The Kier molecular flexibility index (Phi) is 5.74. The Labute approximate surface area is 172 Å². The molecule has 2 aromatic rings. The van der Waals surface area contributed by atoms with Crippen LogP contribution < -0.4 is 16.0 Å². The van der Waals surface area contributed by atoms with Gasteiger partial charge in [-0.3, -0.25) is 9.78 Å². The summed E-state index contributed by atoms with van der Waals surface area (Å²) in [5.41, 5.74) is -3.87. The molecule has 1 atom stereocenters. The number of halogens is 5. The summed E-state index contributed by atoms with van der Waals surface area (Å²) >= 11 is 0. The molecule has 3 rings (SSSR count). The Morgan fingerprint density at radius 3 is 2.42 bits per heavy atom. The van der Waals surface area contributed by atoms with Crippen molar-refractivity contribution >= 4 is 23.4 Å². The van der Waals surface area contributed by atoms with Crippen LogP contribution in [0, 0.1) is 11.6 Å². The third-order valence-corrected chi connectivity index (χ3v) is 4.75. The number of anilines is 2. The first-order valence-electron chi connectivity index (χ1n) is 9.03. The topological polar surface area (TPSA) is 103 Å². The average molecular weight is 444 g/mol. The molecular formula is C19H17F5N4O3. The molecule has 0 radical (unpaired) electrons. The first-order chi connectivity index (χ1) is 14.4. The minimum atomic E-state index is -4.84. The lowest BCUT2D eigenvalue weighted by Crippen LogP contribution is -2.49. The van der Waals surface area contributed by atoms with Crippen LogP contribution in [0.5, 0.6) is 0 Å². The number of nitrogens with one attached hydrogen (secondary N) is 3. The van der Waals surface area contributed by atoms with Gasteiger partial charge in [0.15, 0.2) is 0 Å². The molecule has 7 nitrogen and oxygen atoms in total. The molecule has 0 spiro atoms. The van der Waals surface area contributed by atoms with Gasteiger partial charge in [-0.2, -0.15) is 13.2 Å². The fourth-order valence-corrected chi connectivity index (χ4v) is 3.01. The molecule has 1 aliphatic carbocycles. The molecule has 1 aromatic heterocycles. The van der Waals surface area contributed by atoms with E-state index >= 15 is 0 Å². The van der Waals surface area contributed by atoms with Gasteiger partial charge in [0.2, 0.25) is 5.91 Å². The third kappa shape index (κ3) is 4.84. The number of aromatic nitrogens is 1. The van der Waals surface area contributed by atoms with E-state index in [2.05, 4.69) is 20.9 Å². The molecule has 1 aromatic carbocycles. The van der Waals surface area contributed by atoms with Gasteiger partial charge in [-0.05, 0) is 31.9 Å². The van der Waals surface area contributed by atoms with E-state index in [9.17, 15) is 31.5 Å². The molecule has 1 heterocycles. The Hall–Kier alpha value is -3.44. The first kappa shape index (κ1) is 22.2. The highest BCUT2D eigenvalue weighted by Gasteiger charge is 2.51. The number of benzene rings is 1. The standard InChI is InChI=1S/C19H17F5N4O3/c1-9(26-16(29)18(5-6-18)28-17(30)31)14-13(21)7-10(8-25-14)27-15-11(19(22,23)24)3-2-4-12(15)20/h2-4,7-9,27-28H,5-6H2,1H3,(H,26,29)(H,30,31). The van der Waals surface area contributed by atoms with Gasteiger partial charge < -0.3 is 21.1 Å². The quantitative estimate of drug-likeness (QED) is 0.503. The molecule has 2 amide bonds. The number of hydrogen-bond donors (Lipinski definition) is 4. The van der Waals surface area contributed by atoms with Gasteiger partial charge in [0, 0.05) is 6.07 Å². The number of carbonyl (C=O) groups excluding carboxylic acids is 1. The summed E-state index contributed by atoms with van der Waals surface area (Å²) in [6, 6.07) is 2.27. The smallest absolute Gasteiger partial charge is 0.418 e. The summed E-state index contributed by atoms with van der Waals surface area (Å²) in [7, 11) is 0. The van der Waals surface area contributed by atoms with Crippen molar-refractivity contribution in [3.8, 4) is 0 Å². The average Bonchev–Trinajstić information content (AvgIpc) is 3.42. The van der Waals surface area contributed by atoms with E-state index in [-0.39, 0.29) is 11.4 Å². The van der Waals surface area contributed by atoms with Crippen molar-refractivity contribution in [3.63, 3.8) is 0 Å². The minimum Gasteiger partial charge on any atom is -0.465 e. The molecule has 0 saturated heterocycles. The van der Waals surface area contributed by atoms with E-state index in [1.54, 1.807) is 0 Å². The number of hydrogen-bond acceptors (Lipinski definition) is 4. The number of rotatable bonds is 6. The molecule has 0 aliphatic heterocycles. The van der Waals surface area contributed by atoms with E-state index < -0.39 is 52.6 Å². The summed E-state index contributed by atoms with van der Waals surface area (Å²) in [6.45, 7) is 1.41. The van der Waals surface area contributed by atoms with Gasteiger partial charge in [0.05, 0.1) is 34.9 Å². The lowest BCUT2D eigenvalue weighted by atomic mass is 10.1. The van der Waals surface area contributed by atoms with Gasteiger partial charge in [-0.25, -0.2) is 13.6 Å². The van der Waals surface area contributed by atoms with Crippen LogP contribution in [0.4, 0.5) is 38.1 Å². The number of carboxylic acid groups (broad SMARTS) is 1. The van der Waals surface area contributed by atoms with Crippen LogP contribution in [-0.4, -0.2) is 27.6 Å². The number of amides is 2. The van der Waals surface area contributed by atoms with E-state index in [0.29, 0.717) is 18.9 Å². The summed E-state index contributed by atoms with van der Waals surface area (Å²) in [5, 5.41) is 15.6. The fraction of sp³-hybridized carbons (Fsp3) is 0.316. The van der Waals surface area contributed by atoms with E-state index in [1.165, 1.54) is 6.92 Å². The van der Waals surface area contributed by atoms with E-state index in [0.717, 1.165) is 24.4 Å². The van der Waals surface area contributed by atoms with Crippen LogP contribution in [0.2, 0.25) is 0 Å².